The number of rotatable bonds is 1. The third-order valence-electron chi connectivity index (χ3n) is 3.10. The summed E-state index contributed by atoms with van der Waals surface area (Å²) >= 11 is 0. The summed E-state index contributed by atoms with van der Waals surface area (Å²) in [5.74, 6) is 1.15. The molecule has 2 aliphatic rings. The SMILES string of the molecule is C1Cc2c(N3CCOCC3)n[nH]c2CN1. The van der Waals surface area contributed by atoms with E-state index < -0.39 is 0 Å². The van der Waals surface area contributed by atoms with Crippen molar-refractivity contribution in [2.75, 3.05) is 37.7 Å². The summed E-state index contributed by atoms with van der Waals surface area (Å²) in [7, 11) is 0. The maximum Gasteiger partial charge on any atom is 0.154 e. The molecule has 1 aromatic rings. The number of H-pyrrole nitrogens is 1. The molecule has 5 heteroatoms. The number of fused-ring (bicyclic) bond motifs is 1. The highest BCUT2D eigenvalue weighted by Crippen LogP contribution is 2.24. The first-order valence-corrected chi connectivity index (χ1v) is 5.54. The highest BCUT2D eigenvalue weighted by molar-refractivity contribution is 5.50. The molecule has 0 radical (unpaired) electrons. The minimum Gasteiger partial charge on any atom is -0.378 e. The zero-order valence-electron chi connectivity index (χ0n) is 8.75. The van der Waals surface area contributed by atoms with Crippen LogP contribution in [0.3, 0.4) is 0 Å². The fourth-order valence-electron chi connectivity index (χ4n) is 2.26. The van der Waals surface area contributed by atoms with Gasteiger partial charge < -0.3 is 15.0 Å². The lowest BCUT2D eigenvalue weighted by Gasteiger charge is -2.28. The number of ether oxygens (including phenoxy) is 1. The second-order valence-corrected chi connectivity index (χ2v) is 4.03. The Labute approximate surface area is 88.8 Å². The zero-order chi connectivity index (χ0) is 10.1. The summed E-state index contributed by atoms with van der Waals surface area (Å²) in [4.78, 5) is 2.32. The van der Waals surface area contributed by atoms with Crippen LogP contribution >= 0.6 is 0 Å². The van der Waals surface area contributed by atoms with Gasteiger partial charge in [-0.25, -0.2) is 0 Å². The van der Waals surface area contributed by atoms with Gasteiger partial charge in [0.15, 0.2) is 5.82 Å². The van der Waals surface area contributed by atoms with Gasteiger partial charge in [0.1, 0.15) is 0 Å². The van der Waals surface area contributed by atoms with Crippen molar-refractivity contribution in [1.29, 1.82) is 0 Å². The first kappa shape index (κ1) is 9.18. The molecule has 3 rings (SSSR count). The molecule has 0 aliphatic carbocycles. The molecule has 3 heterocycles. The summed E-state index contributed by atoms with van der Waals surface area (Å²) in [5.41, 5.74) is 2.65. The van der Waals surface area contributed by atoms with Gasteiger partial charge in [0, 0.05) is 25.2 Å². The lowest BCUT2D eigenvalue weighted by molar-refractivity contribution is 0.122. The molecule has 0 atom stereocenters. The fraction of sp³-hybridized carbons (Fsp3) is 0.700. The van der Waals surface area contributed by atoms with Crippen molar-refractivity contribution in [3.05, 3.63) is 11.3 Å². The van der Waals surface area contributed by atoms with E-state index in [0.717, 1.165) is 51.6 Å². The van der Waals surface area contributed by atoms with Crippen LogP contribution in [0.5, 0.6) is 0 Å². The predicted molar refractivity (Wildman–Crippen MR) is 57.0 cm³/mol. The minimum absolute atomic E-state index is 0.819. The summed E-state index contributed by atoms with van der Waals surface area (Å²) < 4.78 is 5.35. The molecule has 1 fully saturated rings. The van der Waals surface area contributed by atoms with Crippen molar-refractivity contribution in [1.82, 2.24) is 15.5 Å². The number of hydrogen-bond acceptors (Lipinski definition) is 4. The molecule has 0 spiro atoms. The molecular formula is C10H16N4O. The van der Waals surface area contributed by atoms with Crippen molar-refractivity contribution >= 4 is 5.82 Å². The standard InChI is InChI=1S/C10H16N4O/c1-2-11-7-9-8(1)10(13-12-9)14-3-5-15-6-4-14/h11H,1-7H2,(H,12,13). The zero-order valence-corrected chi connectivity index (χ0v) is 8.75. The van der Waals surface area contributed by atoms with Gasteiger partial charge in [-0.1, -0.05) is 0 Å². The number of aromatic nitrogens is 2. The van der Waals surface area contributed by atoms with Crippen LogP contribution < -0.4 is 10.2 Å². The third-order valence-corrected chi connectivity index (χ3v) is 3.10. The van der Waals surface area contributed by atoms with Gasteiger partial charge in [-0.2, -0.15) is 5.10 Å². The first-order chi connectivity index (χ1) is 7.45. The van der Waals surface area contributed by atoms with E-state index in [-0.39, 0.29) is 0 Å². The summed E-state index contributed by atoms with van der Waals surface area (Å²) in [6.45, 7) is 5.55. The lowest BCUT2D eigenvalue weighted by Crippen LogP contribution is -2.37. The van der Waals surface area contributed by atoms with Crippen LogP contribution in [0.25, 0.3) is 0 Å². The van der Waals surface area contributed by atoms with Crippen LogP contribution in [0.4, 0.5) is 5.82 Å². The highest BCUT2D eigenvalue weighted by atomic mass is 16.5. The number of aromatic amines is 1. The van der Waals surface area contributed by atoms with E-state index in [4.69, 9.17) is 4.74 Å². The molecule has 2 aliphatic heterocycles. The Bertz CT molecular complexity index is 343. The Morgan fingerprint density at radius 1 is 1.27 bits per heavy atom. The summed E-state index contributed by atoms with van der Waals surface area (Å²) in [6, 6.07) is 0. The normalized spacial score (nSPS) is 21.5. The van der Waals surface area contributed by atoms with Gasteiger partial charge >= 0.3 is 0 Å². The average Bonchev–Trinajstić information content (AvgIpc) is 2.74. The molecule has 0 saturated carbocycles. The Morgan fingerprint density at radius 3 is 3.00 bits per heavy atom. The monoisotopic (exact) mass is 208 g/mol. The molecule has 0 amide bonds. The Hall–Kier alpha value is -1.07. The van der Waals surface area contributed by atoms with Crippen LogP contribution in [0.2, 0.25) is 0 Å². The molecule has 0 aromatic carbocycles. The van der Waals surface area contributed by atoms with E-state index in [1.54, 1.807) is 0 Å². The second kappa shape index (κ2) is 3.83. The van der Waals surface area contributed by atoms with Crippen molar-refractivity contribution in [3.8, 4) is 0 Å². The van der Waals surface area contributed by atoms with E-state index in [1.165, 1.54) is 11.3 Å². The molecule has 2 N–H and O–H groups in total. The molecule has 1 saturated heterocycles. The maximum atomic E-state index is 5.35. The van der Waals surface area contributed by atoms with E-state index in [9.17, 15) is 0 Å². The molecular weight excluding hydrogens is 192 g/mol. The molecule has 0 bridgehead atoms. The Morgan fingerprint density at radius 2 is 2.13 bits per heavy atom. The van der Waals surface area contributed by atoms with Crippen LogP contribution in [-0.4, -0.2) is 43.0 Å². The number of hydrogen-bond donors (Lipinski definition) is 2. The largest absolute Gasteiger partial charge is 0.378 e. The fourth-order valence-corrected chi connectivity index (χ4v) is 2.26. The number of anilines is 1. The van der Waals surface area contributed by atoms with Gasteiger partial charge in [-0.3, -0.25) is 5.10 Å². The molecule has 0 unspecified atom stereocenters. The van der Waals surface area contributed by atoms with Crippen LogP contribution in [-0.2, 0) is 17.7 Å². The number of nitrogens with zero attached hydrogens (tertiary/aromatic N) is 2. The van der Waals surface area contributed by atoms with E-state index >= 15 is 0 Å². The predicted octanol–water partition coefficient (Wildman–Crippen LogP) is -0.108. The highest BCUT2D eigenvalue weighted by Gasteiger charge is 2.22. The Kier molecular flexibility index (Phi) is 2.34. The molecule has 1 aromatic heterocycles. The van der Waals surface area contributed by atoms with Gasteiger partial charge in [-0.05, 0) is 13.0 Å². The van der Waals surface area contributed by atoms with Crippen LogP contribution in [0.1, 0.15) is 11.3 Å². The number of morpholine rings is 1. The smallest absolute Gasteiger partial charge is 0.154 e. The van der Waals surface area contributed by atoms with E-state index in [1.807, 2.05) is 0 Å². The van der Waals surface area contributed by atoms with Crippen molar-refractivity contribution in [2.24, 2.45) is 0 Å². The molecule has 82 valence electrons. The van der Waals surface area contributed by atoms with Gasteiger partial charge in [0.2, 0.25) is 0 Å². The Balaban J connectivity index is 1.87. The lowest BCUT2D eigenvalue weighted by atomic mass is 10.1. The van der Waals surface area contributed by atoms with Gasteiger partial charge in [0.25, 0.3) is 0 Å². The first-order valence-electron chi connectivity index (χ1n) is 5.54. The summed E-state index contributed by atoms with van der Waals surface area (Å²) in [5, 5.41) is 10.9. The topological polar surface area (TPSA) is 53.2 Å². The second-order valence-electron chi connectivity index (χ2n) is 4.03. The van der Waals surface area contributed by atoms with Crippen molar-refractivity contribution in [3.63, 3.8) is 0 Å². The van der Waals surface area contributed by atoms with E-state index in [0.29, 0.717) is 0 Å². The molecule has 5 nitrogen and oxygen atoms in total. The third kappa shape index (κ3) is 1.61. The maximum absolute atomic E-state index is 5.35. The minimum atomic E-state index is 0.819. The van der Waals surface area contributed by atoms with Crippen LogP contribution in [0, 0.1) is 0 Å². The molecule has 15 heavy (non-hydrogen) atoms. The van der Waals surface area contributed by atoms with Crippen molar-refractivity contribution in [2.45, 2.75) is 13.0 Å². The van der Waals surface area contributed by atoms with Gasteiger partial charge in [-0.15, -0.1) is 0 Å². The quantitative estimate of drug-likeness (QED) is 0.676. The van der Waals surface area contributed by atoms with Crippen LogP contribution in [0.15, 0.2) is 0 Å². The van der Waals surface area contributed by atoms with E-state index in [2.05, 4.69) is 20.4 Å². The van der Waals surface area contributed by atoms with Gasteiger partial charge in [0.05, 0.1) is 18.9 Å². The summed E-state index contributed by atoms with van der Waals surface area (Å²) in [6.07, 6.45) is 1.08. The van der Waals surface area contributed by atoms with Crippen molar-refractivity contribution < 1.29 is 4.74 Å². The average molecular weight is 208 g/mol. The number of nitrogens with one attached hydrogen (secondary N) is 2.